The average molecular weight is 391 g/mol. The van der Waals surface area contributed by atoms with Crippen molar-refractivity contribution in [3.63, 3.8) is 0 Å². The Balaban J connectivity index is 1.76. The number of rotatable bonds is 3. The van der Waals surface area contributed by atoms with Crippen LogP contribution in [0.5, 0.6) is 0 Å². The van der Waals surface area contributed by atoms with Crippen LogP contribution in [0.15, 0.2) is 10.6 Å². The fraction of sp³-hybridized carbons (Fsp3) is 0.526. The second-order valence-electron chi connectivity index (χ2n) is 7.22. The Labute approximate surface area is 161 Å². The first kappa shape index (κ1) is 18.8. The fourth-order valence-corrected chi connectivity index (χ4v) is 3.89. The first-order valence-corrected chi connectivity index (χ1v) is 9.34. The number of anilines is 1. The van der Waals surface area contributed by atoms with Gasteiger partial charge in [-0.1, -0.05) is 5.16 Å². The van der Waals surface area contributed by atoms with E-state index in [-0.39, 0.29) is 46.0 Å². The molecule has 2 aromatic rings. The molecule has 0 N–H and O–H groups in total. The minimum atomic E-state index is -0.686. The number of halogens is 1. The third-order valence-corrected chi connectivity index (χ3v) is 5.07. The SMILES string of the molecule is C[C@@H]1CN(c2c(C=O)cc3c(C(=O)N4CCOCC4)noc3c2F)C[C@H](C)O1. The van der Waals surface area contributed by atoms with Crippen LogP contribution in [0.1, 0.15) is 34.7 Å². The smallest absolute Gasteiger partial charge is 0.276 e. The maximum Gasteiger partial charge on any atom is 0.276 e. The first-order valence-electron chi connectivity index (χ1n) is 9.34. The number of aldehydes is 1. The van der Waals surface area contributed by atoms with E-state index < -0.39 is 5.82 Å². The van der Waals surface area contributed by atoms with Crippen molar-refractivity contribution in [2.45, 2.75) is 26.1 Å². The minimum Gasteiger partial charge on any atom is -0.378 e. The molecule has 9 heteroatoms. The van der Waals surface area contributed by atoms with Crippen LogP contribution in [0.25, 0.3) is 11.0 Å². The van der Waals surface area contributed by atoms with Crippen molar-refractivity contribution in [2.24, 2.45) is 0 Å². The van der Waals surface area contributed by atoms with Crippen LogP contribution in [0.3, 0.4) is 0 Å². The van der Waals surface area contributed by atoms with E-state index in [0.29, 0.717) is 45.7 Å². The number of hydrogen-bond acceptors (Lipinski definition) is 7. The van der Waals surface area contributed by atoms with Gasteiger partial charge in [0.15, 0.2) is 17.8 Å². The van der Waals surface area contributed by atoms with E-state index in [1.54, 1.807) is 9.80 Å². The van der Waals surface area contributed by atoms with Crippen LogP contribution in [0, 0.1) is 5.82 Å². The highest BCUT2D eigenvalue weighted by Crippen LogP contribution is 2.34. The number of carbonyl (C=O) groups is 2. The molecule has 4 rings (SSSR count). The number of fused-ring (bicyclic) bond motifs is 1. The van der Waals surface area contributed by atoms with Gasteiger partial charge in [-0.05, 0) is 19.9 Å². The zero-order chi connectivity index (χ0) is 19.8. The molecule has 1 aromatic heterocycles. The summed E-state index contributed by atoms with van der Waals surface area (Å²) in [6.45, 7) is 6.42. The van der Waals surface area contributed by atoms with E-state index in [0.717, 1.165) is 0 Å². The Morgan fingerprint density at radius 1 is 1.25 bits per heavy atom. The molecule has 3 heterocycles. The number of benzene rings is 1. The van der Waals surface area contributed by atoms with Crippen molar-refractivity contribution in [1.82, 2.24) is 10.1 Å². The highest BCUT2D eigenvalue weighted by atomic mass is 19.1. The van der Waals surface area contributed by atoms with E-state index in [9.17, 15) is 9.59 Å². The van der Waals surface area contributed by atoms with Crippen LogP contribution >= 0.6 is 0 Å². The summed E-state index contributed by atoms with van der Waals surface area (Å²) in [5.74, 6) is -1.05. The fourth-order valence-electron chi connectivity index (χ4n) is 3.89. The maximum absolute atomic E-state index is 15.4. The molecule has 0 saturated carbocycles. The lowest BCUT2D eigenvalue weighted by atomic mass is 10.1. The summed E-state index contributed by atoms with van der Waals surface area (Å²) < 4.78 is 31.5. The summed E-state index contributed by atoms with van der Waals surface area (Å²) >= 11 is 0. The van der Waals surface area contributed by atoms with Crippen LogP contribution in [0.4, 0.5) is 10.1 Å². The number of carbonyl (C=O) groups excluding carboxylic acids is 2. The Hall–Kier alpha value is -2.52. The quantitative estimate of drug-likeness (QED) is 0.739. The molecule has 28 heavy (non-hydrogen) atoms. The van der Waals surface area contributed by atoms with Gasteiger partial charge >= 0.3 is 0 Å². The summed E-state index contributed by atoms with van der Waals surface area (Å²) in [7, 11) is 0. The normalized spacial score (nSPS) is 23.2. The number of aromatic nitrogens is 1. The molecule has 2 atom stereocenters. The summed E-state index contributed by atoms with van der Waals surface area (Å²) in [5, 5.41) is 4.02. The summed E-state index contributed by atoms with van der Waals surface area (Å²) in [4.78, 5) is 27.9. The molecule has 1 amide bonds. The lowest BCUT2D eigenvalue weighted by molar-refractivity contribution is -0.00543. The predicted octanol–water partition coefficient (Wildman–Crippen LogP) is 1.87. The van der Waals surface area contributed by atoms with Crippen molar-refractivity contribution < 1.29 is 28.0 Å². The van der Waals surface area contributed by atoms with Gasteiger partial charge in [-0.25, -0.2) is 4.39 Å². The van der Waals surface area contributed by atoms with Crippen LogP contribution < -0.4 is 4.90 Å². The maximum atomic E-state index is 15.4. The molecule has 2 aliphatic rings. The van der Waals surface area contributed by atoms with Crippen LogP contribution in [-0.4, -0.2) is 73.9 Å². The molecule has 0 radical (unpaired) electrons. The Morgan fingerprint density at radius 2 is 1.93 bits per heavy atom. The van der Waals surface area contributed by atoms with E-state index >= 15 is 4.39 Å². The number of hydrogen-bond donors (Lipinski definition) is 0. The molecule has 8 nitrogen and oxygen atoms in total. The van der Waals surface area contributed by atoms with Crippen molar-refractivity contribution in [1.29, 1.82) is 0 Å². The van der Waals surface area contributed by atoms with Gasteiger partial charge in [0, 0.05) is 31.7 Å². The van der Waals surface area contributed by atoms with Gasteiger partial charge in [-0.15, -0.1) is 0 Å². The number of nitrogens with zero attached hydrogens (tertiary/aromatic N) is 3. The molecule has 0 spiro atoms. The third kappa shape index (κ3) is 3.24. The summed E-state index contributed by atoms with van der Waals surface area (Å²) in [6, 6.07) is 1.48. The second kappa shape index (κ2) is 7.48. The standard InChI is InChI=1S/C19H22FN3O5/c1-11-8-23(9-12(2)27-11)17-13(10-24)7-14-16(21-28-18(14)15(17)20)19(25)22-3-5-26-6-4-22/h7,10-12H,3-6,8-9H2,1-2H3/t11-,12+. The molecule has 0 bridgehead atoms. The molecule has 2 fully saturated rings. The third-order valence-electron chi connectivity index (χ3n) is 5.07. The molecule has 0 unspecified atom stereocenters. The number of ether oxygens (including phenoxy) is 2. The molecular formula is C19H22FN3O5. The number of morpholine rings is 2. The van der Waals surface area contributed by atoms with E-state index in [2.05, 4.69) is 5.16 Å². The van der Waals surface area contributed by atoms with Gasteiger partial charge in [-0.2, -0.15) is 0 Å². The van der Waals surface area contributed by atoms with Gasteiger partial charge in [-0.3, -0.25) is 9.59 Å². The monoisotopic (exact) mass is 391 g/mol. The zero-order valence-electron chi connectivity index (χ0n) is 15.8. The molecular weight excluding hydrogens is 369 g/mol. The largest absolute Gasteiger partial charge is 0.378 e. The van der Waals surface area contributed by atoms with E-state index in [1.807, 2.05) is 13.8 Å². The Kier molecular flexibility index (Phi) is 5.03. The lowest BCUT2D eigenvalue weighted by Crippen LogP contribution is -2.46. The molecule has 2 saturated heterocycles. The topological polar surface area (TPSA) is 85.1 Å². The summed E-state index contributed by atoms with van der Waals surface area (Å²) in [6.07, 6.45) is 0.386. The van der Waals surface area contributed by atoms with Gasteiger partial charge in [0.05, 0.1) is 36.5 Å². The summed E-state index contributed by atoms with van der Waals surface area (Å²) in [5.41, 5.74) is 0.203. The molecule has 2 aliphatic heterocycles. The predicted molar refractivity (Wildman–Crippen MR) is 98.3 cm³/mol. The van der Waals surface area contributed by atoms with Gasteiger partial charge in [0.1, 0.15) is 0 Å². The van der Waals surface area contributed by atoms with Crippen molar-refractivity contribution >= 4 is 28.8 Å². The highest BCUT2D eigenvalue weighted by molar-refractivity contribution is 6.07. The van der Waals surface area contributed by atoms with Crippen molar-refractivity contribution in [2.75, 3.05) is 44.3 Å². The zero-order valence-corrected chi connectivity index (χ0v) is 15.8. The van der Waals surface area contributed by atoms with Crippen molar-refractivity contribution in [3.8, 4) is 0 Å². The lowest BCUT2D eigenvalue weighted by Gasteiger charge is -2.37. The highest BCUT2D eigenvalue weighted by Gasteiger charge is 2.31. The van der Waals surface area contributed by atoms with E-state index in [1.165, 1.54) is 6.07 Å². The van der Waals surface area contributed by atoms with Crippen LogP contribution in [0.2, 0.25) is 0 Å². The molecule has 1 aromatic carbocycles. The Morgan fingerprint density at radius 3 is 2.57 bits per heavy atom. The molecule has 150 valence electrons. The van der Waals surface area contributed by atoms with Gasteiger partial charge < -0.3 is 23.8 Å². The van der Waals surface area contributed by atoms with Crippen LogP contribution in [-0.2, 0) is 9.47 Å². The minimum absolute atomic E-state index is 0.00848. The van der Waals surface area contributed by atoms with E-state index in [4.69, 9.17) is 14.0 Å². The van der Waals surface area contributed by atoms with Crippen molar-refractivity contribution in [3.05, 3.63) is 23.1 Å². The second-order valence-corrected chi connectivity index (χ2v) is 7.22. The first-order chi connectivity index (χ1) is 13.5. The average Bonchev–Trinajstić information content (AvgIpc) is 3.11. The molecule has 0 aliphatic carbocycles. The number of amides is 1. The van der Waals surface area contributed by atoms with Gasteiger partial charge in [0.25, 0.3) is 5.91 Å². The van der Waals surface area contributed by atoms with Gasteiger partial charge in [0.2, 0.25) is 5.58 Å². The Bertz CT molecular complexity index is 899.